The Morgan fingerprint density at radius 2 is 1.93 bits per heavy atom. The number of carbonyl (C=O) groups is 2. The average Bonchev–Trinajstić information content (AvgIpc) is 3.38. The Balaban J connectivity index is 1.54. The van der Waals surface area contributed by atoms with Crippen LogP contribution in [0.4, 0.5) is 5.69 Å². The van der Waals surface area contributed by atoms with Crippen molar-refractivity contribution in [1.82, 2.24) is 14.9 Å². The molecule has 4 aromatic rings. The zero-order chi connectivity index (χ0) is 30.4. The highest BCUT2D eigenvalue weighted by atomic mass is 127. The molecule has 42 heavy (non-hydrogen) atoms. The van der Waals surface area contributed by atoms with Gasteiger partial charge in [0.1, 0.15) is 24.7 Å². The first-order valence-corrected chi connectivity index (χ1v) is 15.9. The first-order chi connectivity index (χ1) is 19.9. The lowest BCUT2D eigenvalue weighted by molar-refractivity contribution is -0.122. The molecule has 0 bridgehead atoms. The molecule has 0 spiro atoms. The van der Waals surface area contributed by atoms with Gasteiger partial charge in [0.15, 0.2) is 5.01 Å². The number of amidine groups is 1. The molecule has 0 radical (unpaired) electrons. The normalized spacial score (nSPS) is 12.6. The van der Waals surface area contributed by atoms with Crippen molar-refractivity contribution < 1.29 is 22.8 Å². The number of fused-ring (bicyclic) bond motifs is 1. The Hall–Kier alpha value is -3.83. The van der Waals surface area contributed by atoms with Gasteiger partial charge in [-0.25, -0.2) is 13.4 Å². The number of carbonyl (C=O) groups excluding carboxylic acids is 2. The monoisotopic (exact) mass is 722 g/mol. The number of hydrogen-bond acceptors (Lipinski definition) is 9. The fourth-order valence-corrected chi connectivity index (χ4v) is 6.70. The number of thiazole rings is 1. The number of nitrogens with one attached hydrogen (secondary N) is 2. The highest BCUT2D eigenvalue weighted by Gasteiger charge is 2.26. The lowest BCUT2D eigenvalue weighted by Crippen LogP contribution is -2.44. The number of halogens is 1. The Bertz CT molecular complexity index is 1800. The van der Waals surface area contributed by atoms with Crippen LogP contribution in [0.5, 0.6) is 0 Å². The van der Waals surface area contributed by atoms with E-state index in [1.165, 1.54) is 35.6 Å². The number of nitrogens with two attached hydrogens (primary N) is 1. The summed E-state index contributed by atoms with van der Waals surface area (Å²) in [6.45, 7) is 2.66. The van der Waals surface area contributed by atoms with Gasteiger partial charge in [0.2, 0.25) is 11.7 Å². The summed E-state index contributed by atoms with van der Waals surface area (Å²) in [5, 5.41) is 6.53. The van der Waals surface area contributed by atoms with E-state index in [1.54, 1.807) is 32.0 Å². The molecule has 0 saturated carbocycles. The second-order valence-corrected chi connectivity index (χ2v) is 13.1. The second-order valence-electron chi connectivity index (χ2n) is 9.17. The number of aryl methyl sites for hydroxylation is 1. The smallest absolute Gasteiger partial charge is 0.275 e. The minimum atomic E-state index is -4.06. The van der Waals surface area contributed by atoms with E-state index in [1.807, 2.05) is 40.8 Å². The molecule has 2 aromatic carbocycles. The maximum absolute atomic E-state index is 13.4. The number of amides is 1. The van der Waals surface area contributed by atoms with Crippen LogP contribution in [-0.4, -0.2) is 48.1 Å². The van der Waals surface area contributed by atoms with Crippen LogP contribution >= 0.6 is 33.9 Å². The number of sulfonamides is 1. The number of anilines is 1. The number of pyridine rings is 1. The van der Waals surface area contributed by atoms with E-state index in [4.69, 9.17) is 10.6 Å². The predicted molar refractivity (Wildman–Crippen MR) is 169 cm³/mol. The Morgan fingerprint density at radius 1 is 1.17 bits per heavy atom. The quantitative estimate of drug-likeness (QED) is 0.0499. The van der Waals surface area contributed by atoms with Gasteiger partial charge >= 0.3 is 0 Å². The molecule has 4 rings (SSSR count). The largest absolute Gasteiger partial charge is 0.394 e. The minimum absolute atomic E-state index is 0.00810. The van der Waals surface area contributed by atoms with Crippen LogP contribution in [-0.2, 0) is 26.2 Å². The van der Waals surface area contributed by atoms with Crippen molar-refractivity contribution in [2.45, 2.75) is 37.8 Å². The van der Waals surface area contributed by atoms with Crippen LogP contribution in [0.2, 0.25) is 0 Å². The van der Waals surface area contributed by atoms with E-state index in [0.717, 1.165) is 9.27 Å². The lowest BCUT2D eigenvalue weighted by Gasteiger charge is -2.18. The molecule has 15 heteroatoms. The number of ketones is 1. The van der Waals surface area contributed by atoms with Gasteiger partial charge in [-0.15, -0.1) is 11.3 Å². The summed E-state index contributed by atoms with van der Waals surface area (Å²) in [6, 6.07) is 15.3. The molecule has 4 N–H and O–H groups in total. The Labute approximate surface area is 259 Å². The number of aromatic nitrogens is 2. The van der Waals surface area contributed by atoms with Crippen molar-refractivity contribution in [2.24, 2.45) is 10.9 Å². The van der Waals surface area contributed by atoms with Crippen LogP contribution in [0.1, 0.15) is 28.8 Å². The number of benzene rings is 2. The van der Waals surface area contributed by atoms with E-state index in [-0.39, 0.29) is 34.5 Å². The van der Waals surface area contributed by atoms with Crippen LogP contribution in [0.15, 0.2) is 75.5 Å². The van der Waals surface area contributed by atoms with Gasteiger partial charge in [-0.1, -0.05) is 23.4 Å². The van der Waals surface area contributed by atoms with E-state index < -0.39 is 39.9 Å². The third-order valence-electron chi connectivity index (χ3n) is 5.91. The van der Waals surface area contributed by atoms with Gasteiger partial charge in [0.05, 0.1) is 21.2 Å². The molecule has 12 nitrogen and oxygen atoms in total. The summed E-state index contributed by atoms with van der Waals surface area (Å²) in [4.78, 5) is 49.3. The molecule has 0 saturated heterocycles. The highest BCUT2D eigenvalue weighted by molar-refractivity contribution is 14.1. The molecule has 2 aromatic heterocycles. The van der Waals surface area contributed by atoms with Gasteiger partial charge < -0.3 is 20.5 Å². The maximum Gasteiger partial charge on any atom is 0.275 e. The number of nitrogens with zero attached hydrogens (tertiary/aromatic N) is 3. The van der Waals surface area contributed by atoms with E-state index in [2.05, 4.69) is 20.2 Å². The van der Waals surface area contributed by atoms with Crippen LogP contribution in [0.25, 0.3) is 10.2 Å². The zero-order valence-corrected chi connectivity index (χ0v) is 26.3. The first-order valence-electron chi connectivity index (χ1n) is 12.5. The molecular formula is C27H27IN6O6S2. The second kappa shape index (κ2) is 13.4. The van der Waals surface area contributed by atoms with Crippen LogP contribution in [0, 0.1) is 10.5 Å². The van der Waals surface area contributed by atoms with E-state index in [0.29, 0.717) is 14.8 Å². The van der Waals surface area contributed by atoms with Crippen molar-refractivity contribution in [3.63, 3.8) is 0 Å². The summed E-state index contributed by atoms with van der Waals surface area (Å²) in [7, 11) is -4.06. The number of oxime groups is 1. The SMILES string of the molecule is C/C(N)=N/OCCC(NC(=O)Cn1c(C)ccc(NS(=O)(=O)c2cccc(I)c2)c1=O)C(=O)c1nc2ccccc2s1. The summed E-state index contributed by atoms with van der Waals surface area (Å²) in [5.74, 6) is -0.874. The number of Topliss-reactive ketones (excluding diaryl/α,β-unsaturated/α-hetero) is 1. The topological polar surface area (TPSA) is 175 Å². The van der Waals surface area contributed by atoms with Crippen molar-refractivity contribution in [1.29, 1.82) is 0 Å². The average molecular weight is 723 g/mol. The minimum Gasteiger partial charge on any atom is -0.394 e. The fraction of sp³-hybridized carbons (Fsp3) is 0.222. The van der Waals surface area contributed by atoms with Gasteiger partial charge in [0.25, 0.3) is 15.6 Å². The maximum atomic E-state index is 13.4. The first kappa shape index (κ1) is 31.1. The fourth-order valence-electron chi connectivity index (χ4n) is 3.88. The van der Waals surface area contributed by atoms with Crippen LogP contribution in [0.3, 0.4) is 0 Å². The number of hydrogen-bond donors (Lipinski definition) is 3. The molecule has 2 heterocycles. The molecule has 1 atom stereocenters. The van der Waals surface area contributed by atoms with Gasteiger partial charge in [-0.3, -0.25) is 19.1 Å². The van der Waals surface area contributed by atoms with Gasteiger partial charge in [0, 0.05) is 15.7 Å². The Kier molecular flexibility index (Phi) is 9.95. The molecule has 0 aliphatic rings. The molecule has 0 aliphatic heterocycles. The van der Waals surface area contributed by atoms with Crippen molar-refractivity contribution >= 4 is 77.4 Å². The summed E-state index contributed by atoms with van der Waals surface area (Å²) < 4.78 is 30.8. The van der Waals surface area contributed by atoms with Crippen molar-refractivity contribution in [2.75, 3.05) is 11.3 Å². The molecule has 0 aliphatic carbocycles. The van der Waals surface area contributed by atoms with Gasteiger partial charge in [-0.05, 0) is 78.9 Å². The molecule has 1 amide bonds. The van der Waals surface area contributed by atoms with E-state index in [9.17, 15) is 22.8 Å². The van der Waals surface area contributed by atoms with Crippen LogP contribution < -0.4 is 21.3 Å². The summed E-state index contributed by atoms with van der Waals surface area (Å²) in [5.41, 5.74) is 5.62. The summed E-state index contributed by atoms with van der Waals surface area (Å²) >= 11 is 3.19. The van der Waals surface area contributed by atoms with Crippen molar-refractivity contribution in [3.8, 4) is 0 Å². The zero-order valence-electron chi connectivity index (χ0n) is 22.5. The predicted octanol–water partition coefficient (Wildman–Crippen LogP) is 3.24. The third kappa shape index (κ3) is 7.71. The van der Waals surface area contributed by atoms with E-state index >= 15 is 0 Å². The Morgan fingerprint density at radius 3 is 2.64 bits per heavy atom. The number of rotatable bonds is 12. The standard InChI is InChI=1S/C27H27IN6O6S2/c1-16-10-11-22(33-42(38,39)19-7-5-6-18(28)14-19)27(37)34(16)15-24(35)30-21(12-13-40-32-17(2)29)25(36)26-31-20-8-3-4-9-23(20)41-26/h3-11,14,21,33H,12-13,15H2,1-2H3,(H2,29,32)(H,30,35). The molecule has 0 fully saturated rings. The molecular weight excluding hydrogens is 695 g/mol. The molecule has 220 valence electrons. The summed E-state index contributed by atoms with van der Waals surface area (Å²) in [6.07, 6.45) is 0.0564. The number of para-hydroxylation sites is 1. The molecule has 1 unspecified atom stereocenters. The third-order valence-corrected chi connectivity index (χ3v) is 8.99. The van der Waals surface area contributed by atoms with Gasteiger partial charge in [-0.2, -0.15) is 0 Å². The lowest BCUT2D eigenvalue weighted by atomic mass is 10.1. The van der Waals surface area contributed by atoms with Crippen molar-refractivity contribution in [3.05, 3.63) is 85.3 Å². The highest BCUT2D eigenvalue weighted by Crippen LogP contribution is 2.23.